The molecule has 9 fully saturated rings. The van der Waals surface area contributed by atoms with Crippen LogP contribution in [0.2, 0.25) is 0 Å². The first-order valence-electron chi connectivity index (χ1n) is 30.8. The van der Waals surface area contributed by atoms with Gasteiger partial charge in [-0.3, -0.25) is 13.8 Å². The summed E-state index contributed by atoms with van der Waals surface area (Å²) in [5.74, 6) is -1.09. The van der Waals surface area contributed by atoms with Gasteiger partial charge in [0, 0.05) is 13.5 Å². The molecule has 10 rings (SSSR count). The molecule has 508 valence electrons. The van der Waals surface area contributed by atoms with E-state index in [1.807, 2.05) is 27.7 Å². The van der Waals surface area contributed by atoms with E-state index >= 15 is 0 Å². The molecule has 6 aliphatic heterocycles. The number of hydrogen-bond acceptors (Lipinski definition) is 29. The van der Waals surface area contributed by atoms with Crippen LogP contribution in [0.3, 0.4) is 0 Å². The van der Waals surface area contributed by atoms with Crippen molar-refractivity contribution in [3.05, 3.63) is 23.8 Å². The zero-order valence-corrected chi connectivity index (χ0v) is 55.1. The van der Waals surface area contributed by atoms with Gasteiger partial charge in [-0.25, -0.2) is 8.42 Å². The minimum atomic E-state index is -5.52. The molecule has 10 aliphatic rings. The summed E-state index contributed by atoms with van der Waals surface area (Å²) in [6, 6.07) is 0. The van der Waals surface area contributed by atoms with Gasteiger partial charge in [-0.15, -0.1) is 6.58 Å². The Morgan fingerprint density at radius 1 is 0.700 bits per heavy atom. The van der Waals surface area contributed by atoms with E-state index in [-0.39, 0.29) is 59.6 Å². The van der Waals surface area contributed by atoms with Crippen LogP contribution in [0.5, 0.6) is 0 Å². The van der Waals surface area contributed by atoms with E-state index < -0.39 is 217 Å². The summed E-state index contributed by atoms with van der Waals surface area (Å²) in [7, 11) is -4.36. The molecule has 3 saturated carbocycles. The molecule has 31 heteroatoms. The number of hydrogen-bond donors (Lipinski definition) is 11. The van der Waals surface area contributed by atoms with Crippen LogP contribution in [0.15, 0.2) is 23.8 Å². The largest absolute Gasteiger partial charge is 1.00 e. The Bertz CT molecular complexity index is 2710. The van der Waals surface area contributed by atoms with Gasteiger partial charge in [0.05, 0.1) is 50.0 Å². The predicted octanol–water partition coefficient (Wildman–Crippen LogP) is -5.26. The van der Waals surface area contributed by atoms with Crippen LogP contribution < -0.4 is 29.6 Å². The van der Waals surface area contributed by atoms with Crippen molar-refractivity contribution >= 4 is 22.2 Å². The Morgan fingerprint density at radius 2 is 1.29 bits per heavy atom. The van der Waals surface area contributed by atoms with Crippen molar-refractivity contribution in [3.8, 4) is 0 Å². The third-order valence-electron chi connectivity index (χ3n) is 21.8. The van der Waals surface area contributed by atoms with E-state index in [1.165, 1.54) is 12.5 Å². The molecule has 31 atom stereocenters. The van der Waals surface area contributed by atoms with Crippen molar-refractivity contribution in [1.29, 1.82) is 0 Å². The van der Waals surface area contributed by atoms with Crippen molar-refractivity contribution in [2.24, 2.45) is 39.4 Å². The van der Waals surface area contributed by atoms with Gasteiger partial charge in [0.1, 0.15) is 115 Å². The number of ketones is 1. The van der Waals surface area contributed by atoms with Crippen molar-refractivity contribution < 1.29 is 169 Å². The van der Waals surface area contributed by atoms with Crippen molar-refractivity contribution in [3.63, 3.8) is 0 Å². The van der Waals surface area contributed by atoms with Gasteiger partial charge in [-0.05, 0) is 100 Å². The summed E-state index contributed by atoms with van der Waals surface area (Å²) < 4.78 is 114. The molecule has 0 amide bonds. The maximum Gasteiger partial charge on any atom is 1.00 e. The predicted molar refractivity (Wildman–Crippen MR) is 296 cm³/mol. The zero-order valence-electron chi connectivity index (χ0n) is 52.2. The van der Waals surface area contributed by atoms with Gasteiger partial charge in [0.15, 0.2) is 31.5 Å². The number of allylic oxidation sites excluding steroid dienone is 3. The van der Waals surface area contributed by atoms with Gasteiger partial charge in [0.25, 0.3) is 0 Å². The van der Waals surface area contributed by atoms with Crippen molar-refractivity contribution in [1.82, 2.24) is 0 Å². The van der Waals surface area contributed by atoms with Crippen LogP contribution in [-0.4, -0.2) is 267 Å². The van der Waals surface area contributed by atoms with Gasteiger partial charge >= 0.3 is 35.5 Å². The van der Waals surface area contributed by atoms with Gasteiger partial charge in [-0.2, -0.15) is 0 Å². The van der Waals surface area contributed by atoms with E-state index in [0.717, 1.165) is 25.5 Å². The Morgan fingerprint density at radius 3 is 1.91 bits per heavy atom. The number of carbonyl (C=O) groups is 2. The van der Waals surface area contributed by atoms with E-state index in [4.69, 9.17) is 61.0 Å². The zero-order chi connectivity index (χ0) is 65.0. The molecule has 90 heavy (non-hydrogen) atoms. The molecular weight excluding hydrogens is 1230 g/mol. The Labute approximate surface area is 544 Å². The fourth-order valence-electron chi connectivity index (χ4n) is 17.2. The second-order valence-electron chi connectivity index (χ2n) is 27.6. The van der Waals surface area contributed by atoms with Crippen molar-refractivity contribution in [2.75, 3.05) is 33.5 Å². The van der Waals surface area contributed by atoms with E-state index in [1.54, 1.807) is 0 Å². The molecule has 1 unspecified atom stereocenters. The number of carbonyl (C=O) groups excluding carboxylic acids is 2. The normalized spacial score (nSPS) is 50.1. The summed E-state index contributed by atoms with van der Waals surface area (Å²) in [5.41, 5.74) is -1.70. The molecule has 4 aliphatic carbocycles. The maximum absolute atomic E-state index is 14.5. The van der Waals surface area contributed by atoms with Gasteiger partial charge in [-0.1, -0.05) is 44.9 Å². The third kappa shape index (κ3) is 12.8. The first-order valence-corrected chi connectivity index (χ1v) is 32.1. The summed E-state index contributed by atoms with van der Waals surface area (Å²) in [5, 5.41) is 122. The fraction of sp³-hybridized carbons (Fsp3) is 0.898. The number of aliphatic hydroxyl groups excluding tert-OH is 11. The Hall–Kier alpha value is -1.39. The molecule has 0 radical (unpaired) electrons. The number of rotatable bonds is 19. The standard InChI is InChI=1S/C59H92O29S.Na/c1-24(2)11-10-16-58(8)48-28(62)19-57(7)27-12-13-33-55(4,5)34(15-17-56(33,6)26(27)14-18-59(48,57)54(72)87-58)82-52-46(38(67)32(23-78-52)88-89(73,74)75)86-53-47(85-49-39(68)35(64)29(63)22-77-49)40(69)43(25(3)79-53)83-51-42(71)45(37(66)31(21-61)81-51)84-50-41(70)44(76-9)36(65)30(20-60)80-50;/h14,25,27,29-53,60-61,63-71H,1,10-13,15-23H2,2-9H3,(H,73,74,75);/q;+1/p-1/t25-,27-,29-,30-,31-,32-,33+,34?,35+,36-,37-,38+,39-,40+,41-,42-,43-,44+,45+,46-,47-,48-,49+,50+,51+,52+,53+,56-,57+,58+,59-;/m1./s1. The SMILES string of the molecule is C=C(C)CCC[C@]1(C)OC(=O)[C@]23CC=C4[C@@H](CC[C@H]5C(C)(C)C(O[C@@H]6OC[C@@H](OS(=O)(=O)[O-])[C@H](O)[C@H]6O[C@@H]6O[C@H](C)[C@@H](O[C@@H]7O[C@H](CO)[C@@H](O)[C@H](O[C@@H]8O[C@H](CO)[C@@H](O)[C@H](OC)[C@H]8O)[C@H]7O)[C@H](O)[C@H]6O[C@@H]6OC[C@@H](O)[C@H](O)[C@H]6O)CC[C@]45C)[C@]2(C)CC(=O)[C@@H]31.[Na+]. The number of methoxy groups -OCH3 is 1. The van der Waals surface area contributed by atoms with Crippen LogP contribution in [0.4, 0.5) is 0 Å². The maximum atomic E-state index is 14.5. The summed E-state index contributed by atoms with van der Waals surface area (Å²) in [6.45, 7) is 14.6. The molecule has 11 N–H and O–H groups in total. The molecular formula is C59H91NaO29S. The monoisotopic (exact) mass is 1320 g/mol. The summed E-state index contributed by atoms with van der Waals surface area (Å²) >= 11 is 0. The van der Waals surface area contributed by atoms with Crippen LogP contribution in [0.1, 0.15) is 106 Å². The van der Waals surface area contributed by atoms with Gasteiger partial charge in [0.2, 0.25) is 10.4 Å². The van der Waals surface area contributed by atoms with Crippen LogP contribution >= 0.6 is 0 Å². The van der Waals surface area contributed by atoms with Crippen molar-refractivity contribution in [2.45, 2.75) is 259 Å². The molecule has 29 nitrogen and oxygen atoms in total. The summed E-state index contributed by atoms with van der Waals surface area (Å²) in [6.07, 6.45) is -34.8. The summed E-state index contributed by atoms with van der Waals surface area (Å²) in [4.78, 5) is 28.9. The fourth-order valence-corrected chi connectivity index (χ4v) is 17.7. The average Bonchev–Trinajstić information content (AvgIpc) is 1.46. The molecule has 0 bridgehead atoms. The molecule has 0 aromatic rings. The van der Waals surface area contributed by atoms with Gasteiger partial charge < -0.3 is 118 Å². The van der Waals surface area contributed by atoms with Crippen LogP contribution in [0.25, 0.3) is 0 Å². The minimum Gasteiger partial charge on any atom is -0.726 e. The number of cyclic esters (lactones) is 1. The second kappa shape index (κ2) is 27.5. The minimum absolute atomic E-state index is 0. The first kappa shape index (κ1) is 72.9. The number of ether oxygens (including phenoxy) is 12. The van der Waals surface area contributed by atoms with Crippen LogP contribution in [0, 0.1) is 39.4 Å². The topological polar surface area (TPSA) is 434 Å². The average molecular weight is 1320 g/mol. The van der Waals surface area contributed by atoms with Crippen LogP contribution in [-0.2, 0) is 81.0 Å². The van der Waals surface area contributed by atoms with E-state index in [9.17, 15) is 78.7 Å². The number of Topliss-reactive ketones (excluding diaryl/α,β-unsaturated/α-hetero) is 1. The first-order chi connectivity index (χ1) is 41.7. The molecule has 0 aromatic carbocycles. The molecule has 6 saturated heterocycles. The number of fused-ring (bicyclic) bond motifs is 4. The Balaban J connectivity index is 0.00000960. The third-order valence-corrected chi connectivity index (χ3v) is 22.3. The smallest absolute Gasteiger partial charge is 0.726 e. The second-order valence-corrected chi connectivity index (χ2v) is 28.6. The molecule has 1 spiro atoms. The quantitative estimate of drug-likeness (QED) is 0.0144. The van der Waals surface area contributed by atoms with E-state index in [0.29, 0.717) is 38.5 Å². The Kier molecular flexibility index (Phi) is 22.3. The molecule has 6 heterocycles. The molecule has 0 aromatic heterocycles. The van der Waals surface area contributed by atoms with E-state index in [2.05, 4.69) is 26.5 Å². The number of esters is 1. The number of aliphatic hydroxyl groups is 11.